The highest BCUT2D eigenvalue weighted by atomic mass is 79.9. The maximum absolute atomic E-state index is 9.11. The van der Waals surface area contributed by atoms with E-state index in [9.17, 15) is 0 Å². The number of benzene rings is 1. The average Bonchev–Trinajstić information content (AvgIpc) is 2.28. The number of hydrogen-bond donors (Lipinski definition) is 2. The second-order valence-electron chi connectivity index (χ2n) is 3.74. The molecule has 0 aliphatic heterocycles. The van der Waals surface area contributed by atoms with Crippen LogP contribution in [0.25, 0.3) is 0 Å². The van der Waals surface area contributed by atoms with Gasteiger partial charge < -0.3 is 15.7 Å². The monoisotopic (exact) mass is 316 g/mol. The van der Waals surface area contributed by atoms with Crippen LogP contribution in [0.1, 0.15) is 18.9 Å². The molecule has 0 heterocycles. The van der Waals surface area contributed by atoms with Gasteiger partial charge in [-0.2, -0.15) is 0 Å². The lowest BCUT2D eigenvalue weighted by atomic mass is 10.1. The Balaban J connectivity index is 3.14. The molecule has 1 aromatic carbocycles. The summed E-state index contributed by atoms with van der Waals surface area (Å²) in [5.41, 5.74) is 7.55. The highest BCUT2D eigenvalue weighted by molar-refractivity contribution is 9.10. The van der Waals surface area contributed by atoms with Crippen molar-refractivity contribution in [2.75, 3.05) is 24.6 Å². The summed E-state index contributed by atoms with van der Waals surface area (Å²) < 4.78 is 0.978. The Morgan fingerprint density at radius 3 is 2.71 bits per heavy atom. The third-order valence-electron chi connectivity index (χ3n) is 2.43. The van der Waals surface area contributed by atoms with Crippen LogP contribution in [-0.4, -0.2) is 29.8 Å². The van der Waals surface area contributed by atoms with Gasteiger partial charge in [0.25, 0.3) is 0 Å². The van der Waals surface area contributed by atoms with Crippen molar-refractivity contribution in [3.63, 3.8) is 0 Å². The Hall–Kier alpha value is -0.650. The van der Waals surface area contributed by atoms with Crippen molar-refractivity contribution < 1.29 is 5.11 Å². The van der Waals surface area contributed by atoms with E-state index >= 15 is 0 Å². The molecule has 3 N–H and O–H groups in total. The lowest BCUT2D eigenvalue weighted by Gasteiger charge is -2.26. The number of anilines is 1. The minimum absolute atomic E-state index is 0.114. The summed E-state index contributed by atoms with van der Waals surface area (Å²) in [6, 6.07) is 5.81. The summed E-state index contributed by atoms with van der Waals surface area (Å²) in [6.45, 7) is 3.67. The lowest BCUT2D eigenvalue weighted by Crippen LogP contribution is -2.29. The molecule has 0 aliphatic carbocycles. The number of nitrogens with zero attached hydrogens (tertiary/aromatic N) is 1. The van der Waals surface area contributed by atoms with E-state index in [1.54, 1.807) is 0 Å². The standard InChI is InChI=1S/C12H17BrN2OS/c1-2-5-15(6-7-16)11-8-9(13)3-4-10(11)12(14)17/h3-4,8,16H,2,5-7H2,1H3,(H2,14,17). The van der Waals surface area contributed by atoms with Crippen LogP contribution in [0.5, 0.6) is 0 Å². The van der Waals surface area contributed by atoms with Gasteiger partial charge in [-0.05, 0) is 24.6 Å². The van der Waals surface area contributed by atoms with Crippen molar-refractivity contribution in [2.24, 2.45) is 5.73 Å². The van der Waals surface area contributed by atoms with Gasteiger partial charge in [0.05, 0.1) is 6.61 Å². The molecule has 0 saturated heterocycles. The third kappa shape index (κ3) is 3.94. The van der Waals surface area contributed by atoms with Gasteiger partial charge in [-0.15, -0.1) is 0 Å². The summed E-state index contributed by atoms with van der Waals surface area (Å²) >= 11 is 8.50. The summed E-state index contributed by atoms with van der Waals surface area (Å²) in [6.07, 6.45) is 1.00. The molecule has 0 amide bonds. The molecule has 17 heavy (non-hydrogen) atoms. The highest BCUT2D eigenvalue weighted by Crippen LogP contribution is 2.25. The van der Waals surface area contributed by atoms with Crippen molar-refractivity contribution in [1.82, 2.24) is 0 Å². The van der Waals surface area contributed by atoms with E-state index in [2.05, 4.69) is 27.8 Å². The van der Waals surface area contributed by atoms with E-state index in [4.69, 9.17) is 23.1 Å². The molecule has 5 heteroatoms. The van der Waals surface area contributed by atoms with Crippen LogP contribution in [0, 0.1) is 0 Å². The predicted octanol–water partition coefficient (Wildman–Crippen LogP) is 2.29. The van der Waals surface area contributed by atoms with Gasteiger partial charge in [0.15, 0.2) is 0 Å². The minimum Gasteiger partial charge on any atom is -0.395 e. The van der Waals surface area contributed by atoms with Gasteiger partial charge in [-0.1, -0.05) is 35.1 Å². The number of halogens is 1. The minimum atomic E-state index is 0.114. The molecule has 0 radical (unpaired) electrons. The Bertz CT molecular complexity index is 392. The average molecular weight is 317 g/mol. The number of hydrogen-bond acceptors (Lipinski definition) is 3. The summed E-state index contributed by atoms with van der Waals surface area (Å²) in [5, 5.41) is 9.11. The first kappa shape index (κ1) is 14.4. The van der Waals surface area contributed by atoms with Gasteiger partial charge >= 0.3 is 0 Å². The van der Waals surface area contributed by atoms with Gasteiger partial charge in [0.1, 0.15) is 4.99 Å². The molecular weight excluding hydrogens is 300 g/mol. The zero-order chi connectivity index (χ0) is 12.8. The first-order chi connectivity index (χ1) is 8.10. The van der Waals surface area contributed by atoms with Crippen LogP contribution >= 0.6 is 28.1 Å². The second-order valence-corrected chi connectivity index (χ2v) is 5.09. The van der Waals surface area contributed by atoms with Gasteiger partial charge in [0, 0.05) is 28.8 Å². The van der Waals surface area contributed by atoms with Crippen LogP contribution in [0.4, 0.5) is 5.69 Å². The SMILES string of the molecule is CCCN(CCO)c1cc(Br)ccc1C(N)=S. The fourth-order valence-electron chi connectivity index (χ4n) is 1.72. The number of rotatable bonds is 6. The highest BCUT2D eigenvalue weighted by Gasteiger charge is 2.12. The maximum atomic E-state index is 9.11. The molecule has 0 unspecified atom stereocenters. The zero-order valence-corrected chi connectivity index (χ0v) is 12.2. The van der Waals surface area contributed by atoms with E-state index in [1.165, 1.54) is 0 Å². The third-order valence-corrected chi connectivity index (χ3v) is 3.14. The molecule has 1 aromatic rings. The first-order valence-corrected chi connectivity index (χ1v) is 6.75. The van der Waals surface area contributed by atoms with Crippen molar-refractivity contribution in [3.8, 4) is 0 Å². The zero-order valence-electron chi connectivity index (χ0n) is 9.82. The number of thiocarbonyl (C=S) groups is 1. The van der Waals surface area contributed by atoms with Crippen LogP contribution in [0.2, 0.25) is 0 Å². The summed E-state index contributed by atoms with van der Waals surface area (Å²) in [7, 11) is 0. The fraction of sp³-hybridized carbons (Fsp3) is 0.417. The molecule has 0 fully saturated rings. The molecule has 94 valence electrons. The molecule has 3 nitrogen and oxygen atoms in total. The smallest absolute Gasteiger partial charge is 0.106 e. The topological polar surface area (TPSA) is 49.5 Å². The Kier molecular flexibility index (Phi) is 5.88. The number of aliphatic hydroxyl groups excluding tert-OH is 1. The normalized spacial score (nSPS) is 10.3. The van der Waals surface area contributed by atoms with Gasteiger partial charge in [0.2, 0.25) is 0 Å². The Morgan fingerprint density at radius 2 is 2.18 bits per heavy atom. The van der Waals surface area contributed by atoms with Crippen molar-refractivity contribution >= 4 is 38.8 Å². The van der Waals surface area contributed by atoms with Crippen molar-refractivity contribution in [1.29, 1.82) is 0 Å². The quantitative estimate of drug-likeness (QED) is 0.791. The lowest BCUT2D eigenvalue weighted by molar-refractivity contribution is 0.302. The van der Waals surface area contributed by atoms with E-state index in [0.29, 0.717) is 11.5 Å². The molecule has 0 spiro atoms. The van der Waals surface area contributed by atoms with E-state index in [0.717, 1.165) is 28.7 Å². The van der Waals surface area contributed by atoms with Crippen LogP contribution in [0.15, 0.2) is 22.7 Å². The van der Waals surface area contributed by atoms with Crippen LogP contribution in [-0.2, 0) is 0 Å². The summed E-state index contributed by atoms with van der Waals surface area (Å²) in [5.74, 6) is 0. The van der Waals surface area contributed by atoms with Crippen LogP contribution < -0.4 is 10.6 Å². The largest absolute Gasteiger partial charge is 0.395 e. The molecule has 0 aliphatic rings. The summed E-state index contributed by atoms with van der Waals surface area (Å²) in [4.78, 5) is 2.48. The molecule has 0 atom stereocenters. The second kappa shape index (κ2) is 6.93. The van der Waals surface area contributed by atoms with E-state index in [-0.39, 0.29) is 6.61 Å². The maximum Gasteiger partial charge on any atom is 0.106 e. The molecule has 0 bridgehead atoms. The van der Waals surface area contributed by atoms with Crippen molar-refractivity contribution in [3.05, 3.63) is 28.2 Å². The van der Waals surface area contributed by atoms with Gasteiger partial charge in [-0.25, -0.2) is 0 Å². The molecule has 0 aromatic heterocycles. The van der Waals surface area contributed by atoms with Crippen molar-refractivity contribution in [2.45, 2.75) is 13.3 Å². The Morgan fingerprint density at radius 1 is 1.47 bits per heavy atom. The molecular formula is C12H17BrN2OS. The molecule has 0 saturated carbocycles. The fourth-order valence-corrected chi connectivity index (χ4v) is 2.24. The molecule has 1 rings (SSSR count). The van der Waals surface area contributed by atoms with Gasteiger partial charge in [-0.3, -0.25) is 0 Å². The Labute approximate surface area is 116 Å². The number of nitrogens with two attached hydrogens (primary N) is 1. The number of aliphatic hydroxyl groups is 1. The van der Waals surface area contributed by atoms with E-state index in [1.807, 2.05) is 18.2 Å². The van der Waals surface area contributed by atoms with Crippen LogP contribution in [0.3, 0.4) is 0 Å². The first-order valence-electron chi connectivity index (χ1n) is 5.55. The van der Waals surface area contributed by atoms with E-state index < -0.39 is 0 Å². The predicted molar refractivity (Wildman–Crippen MR) is 79.6 cm³/mol.